The standard InChI is InChI=1S/C27H22FN3O3/c1-18(19-8-3-2-4-9-19)29-26(33)23-11-7-17-31(27(23)34)21-15-13-20(14-16-21)30-25(32)22-10-5-6-12-24(22)28/h2-18H,1H3,(H,29,33)(H,30,32)/t18-/m0/s1. The maximum Gasteiger partial charge on any atom is 0.267 e. The highest BCUT2D eigenvalue weighted by atomic mass is 19.1. The van der Waals surface area contributed by atoms with Crippen LogP contribution >= 0.6 is 0 Å². The van der Waals surface area contributed by atoms with Gasteiger partial charge in [0.15, 0.2) is 0 Å². The van der Waals surface area contributed by atoms with Crippen LogP contribution < -0.4 is 16.2 Å². The van der Waals surface area contributed by atoms with Crippen molar-refractivity contribution in [3.8, 4) is 5.69 Å². The quantitative estimate of drug-likeness (QED) is 0.442. The van der Waals surface area contributed by atoms with Gasteiger partial charge in [0, 0.05) is 17.6 Å². The highest BCUT2D eigenvalue weighted by Gasteiger charge is 2.16. The minimum Gasteiger partial charge on any atom is -0.345 e. The van der Waals surface area contributed by atoms with Crippen LogP contribution in [0.1, 0.15) is 39.2 Å². The molecule has 1 atom stereocenters. The van der Waals surface area contributed by atoms with Crippen LogP contribution in [0.3, 0.4) is 0 Å². The zero-order chi connectivity index (χ0) is 24.1. The number of hydrogen-bond donors (Lipinski definition) is 2. The van der Waals surface area contributed by atoms with Gasteiger partial charge in [0.2, 0.25) is 0 Å². The number of aromatic nitrogens is 1. The molecule has 7 heteroatoms. The molecule has 0 unspecified atom stereocenters. The van der Waals surface area contributed by atoms with Crippen LogP contribution in [0.2, 0.25) is 0 Å². The number of nitrogens with zero attached hydrogens (tertiary/aromatic N) is 1. The molecule has 0 aliphatic carbocycles. The van der Waals surface area contributed by atoms with Gasteiger partial charge >= 0.3 is 0 Å². The van der Waals surface area contributed by atoms with Crippen LogP contribution in [-0.4, -0.2) is 16.4 Å². The molecule has 1 heterocycles. The first-order valence-corrected chi connectivity index (χ1v) is 10.7. The fraction of sp³-hybridized carbons (Fsp3) is 0.0741. The van der Waals surface area contributed by atoms with Gasteiger partial charge in [-0.3, -0.25) is 19.0 Å². The molecular formula is C27H22FN3O3. The predicted octanol–water partition coefficient (Wildman–Crippen LogP) is 4.72. The molecule has 0 spiro atoms. The fourth-order valence-corrected chi connectivity index (χ4v) is 3.52. The number of carbonyl (C=O) groups is 2. The smallest absolute Gasteiger partial charge is 0.267 e. The monoisotopic (exact) mass is 455 g/mol. The number of nitrogens with one attached hydrogen (secondary N) is 2. The molecule has 0 saturated heterocycles. The van der Waals surface area contributed by atoms with Crippen LogP contribution in [0.25, 0.3) is 5.69 Å². The zero-order valence-electron chi connectivity index (χ0n) is 18.4. The van der Waals surface area contributed by atoms with Gasteiger partial charge in [0.1, 0.15) is 11.4 Å². The number of rotatable bonds is 6. The summed E-state index contributed by atoms with van der Waals surface area (Å²) in [6, 6.07) is 24.5. The van der Waals surface area contributed by atoms with E-state index < -0.39 is 23.2 Å². The molecular weight excluding hydrogens is 433 g/mol. The summed E-state index contributed by atoms with van der Waals surface area (Å²) in [6.45, 7) is 1.85. The second-order valence-electron chi connectivity index (χ2n) is 7.68. The first kappa shape index (κ1) is 22.7. The van der Waals surface area contributed by atoms with Crippen molar-refractivity contribution in [1.82, 2.24) is 9.88 Å². The average molecular weight is 455 g/mol. The van der Waals surface area contributed by atoms with Gasteiger partial charge in [-0.15, -0.1) is 0 Å². The summed E-state index contributed by atoms with van der Waals surface area (Å²) in [4.78, 5) is 38.1. The van der Waals surface area contributed by atoms with Crippen molar-refractivity contribution in [3.05, 3.63) is 130 Å². The highest BCUT2D eigenvalue weighted by molar-refractivity contribution is 6.04. The molecule has 0 bridgehead atoms. The summed E-state index contributed by atoms with van der Waals surface area (Å²) < 4.78 is 15.2. The minimum absolute atomic E-state index is 0.0159. The van der Waals surface area contributed by atoms with E-state index in [1.807, 2.05) is 37.3 Å². The summed E-state index contributed by atoms with van der Waals surface area (Å²) >= 11 is 0. The molecule has 2 N–H and O–H groups in total. The van der Waals surface area contributed by atoms with E-state index in [1.165, 1.54) is 28.8 Å². The maximum absolute atomic E-state index is 13.8. The molecule has 0 aliphatic rings. The van der Waals surface area contributed by atoms with E-state index in [1.54, 1.807) is 42.6 Å². The van der Waals surface area contributed by atoms with Crippen molar-refractivity contribution in [2.75, 3.05) is 5.32 Å². The Hall–Kier alpha value is -4.52. The Bertz CT molecular complexity index is 1380. The third kappa shape index (κ3) is 4.94. The van der Waals surface area contributed by atoms with Gasteiger partial charge in [-0.1, -0.05) is 42.5 Å². The van der Waals surface area contributed by atoms with E-state index in [0.29, 0.717) is 11.4 Å². The molecule has 170 valence electrons. The van der Waals surface area contributed by atoms with Crippen LogP contribution in [0.5, 0.6) is 0 Å². The van der Waals surface area contributed by atoms with E-state index in [9.17, 15) is 18.8 Å². The first-order valence-electron chi connectivity index (χ1n) is 10.7. The number of benzene rings is 3. The van der Waals surface area contributed by atoms with Crippen molar-refractivity contribution >= 4 is 17.5 Å². The Morgan fingerprint density at radius 3 is 2.15 bits per heavy atom. The van der Waals surface area contributed by atoms with E-state index >= 15 is 0 Å². The molecule has 1 aromatic heterocycles. The number of halogens is 1. The lowest BCUT2D eigenvalue weighted by Crippen LogP contribution is -2.33. The molecule has 0 saturated carbocycles. The van der Waals surface area contributed by atoms with Gasteiger partial charge in [-0.25, -0.2) is 4.39 Å². The second-order valence-corrected chi connectivity index (χ2v) is 7.68. The topological polar surface area (TPSA) is 80.2 Å². The zero-order valence-corrected chi connectivity index (χ0v) is 18.4. The summed E-state index contributed by atoms with van der Waals surface area (Å²) in [5.41, 5.74) is 1.37. The van der Waals surface area contributed by atoms with Gasteiger partial charge < -0.3 is 10.6 Å². The lowest BCUT2D eigenvalue weighted by molar-refractivity contribution is 0.0937. The molecule has 4 aromatic rings. The van der Waals surface area contributed by atoms with Gasteiger partial charge in [0.05, 0.1) is 11.6 Å². The molecule has 3 aromatic carbocycles. The van der Waals surface area contributed by atoms with Gasteiger partial charge in [-0.05, 0) is 61.0 Å². The third-order valence-electron chi connectivity index (χ3n) is 5.36. The Labute approximate surface area is 195 Å². The molecule has 0 fully saturated rings. The SMILES string of the molecule is C[C@H](NC(=O)c1cccn(-c2ccc(NC(=O)c3ccccc3F)cc2)c1=O)c1ccccc1. The molecule has 0 radical (unpaired) electrons. The van der Waals surface area contributed by atoms with Crippen molar-refractivity contribution in [2.24, 2.45) is 0 Å². The van der Waals surface area contributed by atoms with Crippen LogP contribution in [0.15, 0.2) is 102 Å². The Kier molecular flexibility index (Phi) is 6.64. The lowest BCUT2D eigenvalue weighted by atomic mass is 10.1. The van der Waals surface area contributed by atoms with E-state index in [-0.39, 0.29) is 17.2 Å². The number of anilines is 1. The molecule has 2 amide bonds. The van der Waals surface area contributed by atoms with Crippen molar-refractivity contribution in [1.29, 1.82) is 0 Å². The summed E-state index contributed by atoms with van der Waals surface area (Å²) in [5, 5.41) is 5.48. The number of hydrogen-bond acceptors (Lipinski definition) is 3. The Morgan fingerprint density at radius 1 is 0.794 bits per heavy atom. The van der Waals surface area contributed by atoms with Gasteiger partial charge in [-0.2, -0.15) is 0 Å². The summed E-state index contributed by atoms with van der Waals surface area (Å²) in [7, 11) is 0. The first-order chi connectivity index (χ1) is 16.4. The van der Waals surface area contributed by atoms with Crippen LogP contribution in [-0.2, 0) is 0 Å². The van der Waals surface area contributed by atoms with Crippen LogP contribution in [0, 0.1) is 5.82 Å². The largest absolute Gasteiger partial charge is 0.345 e. The van der Waals surface area contributed by atoms with E-state index in [0.717, 1.165) is 5.56 Å². The van der Waals surface area contributed by atoms with Crippen molar-refractivity contribution < 1.29 is 14.0 Å². The second kappa shape index (κ2) is 9.95. The molecule has 0 aliphatic heterocycles. The average Bonchev–Trinajstić information content (AvgIpc) is 2.85. The number of carbonyl (C=O) groups excluding carboxylic acids is 2. The Morgan fingerprint density at radius 2 is 1.44 bits per heavy atom. The third-order valence-corrected chi connectivity index (χ3v) is 5.36. The Balaban J connectivity index is 1.51. The minimum atomic E-state index is -0.611. The van der Waals surface area contributed by atoms with Gasteiger partial charge in [0.25, 0.3) is 17.4 Å². The molecule has 34 heavy (non-hydrogen) atoms. The van der Waals surface area contributed by atoms with E-state index in [4.69, 9.17) is 0 Å². The normalized spacial score (nSPS) is 11.5. The van der Waals surface area contributed by atoms with Crippen molar-refractivity contribution in [2.45, 2.75) is 13.0 Å². The molecule has 4 rings (SSSR count). The lowest BCUT2D eigenvalue weighted by Gasteiger charge is -2.15. The van der Waals surface area contributed by atoms with Crippen molar-refractivity contribution in [3.63, 3.8) is 0 Å². The molecule has 6 nitrogen and oxygen atoms in total. The maximum atomic E-state index is 13.8. The summed E-state index contributed by atoms with van der Waals surface area (Å²) in [6.07, 6.45) is 1.56. The highest BCUT2D eigenvalue weighted by Crippen LogP contribution is 2.16. The van der Waals surface area contributed by atoms with Crippen LogP contribution in [0.4, 0.5) is 10.1 Å². The fourth-order valence-electron chi connectivity index (χ4n) is 3.52. The summed E-state index contributed by atoms with van der Waals surface area (Å²) in [5.74, 6) is -1.65. The number of pyridine rings is 1. The van der Waals surface area contributed by atoms with E-state index in [2.05, 4.69) is 10.6 Å². The predicted molar refractivity (Wildman–Crippen MR) is 129 cm³/mol. The number of amides is 2.